The molecule has 2 nitrogen and oxygen atoms in total. The monoisotopic (exact) mass is 220 g/mol. The van der Waals surface area contributed by atoms with Gasteiger partial charge < -0.3 is 9.84 Å². The highest BCUT2D eigenvalue weighted by molar-refractivity contribution is 5.33. The first-order valence-electron chi connectivity index (χ1n) is 6.17. The number of aliphatic hydroxyl groups is 1. The third kappa shape index (κ3) is 2.07. The van der Waals surface area contributed by atoms with Crippen LogP contribution in [0.3, 0.4) is 0 Å². The van der Waals surface area contributed by atoms with Gasteiger partial charge in [-0.05, 0) is 42.9 Å². The average Bonchev–Trinajstić information content (AvgIpc) is 2.27. The molecule has 16 heavy (non-hydrogen) atoms. The molecule has 1 fully saturated rings. The maximum atomic E-state index is 9.68. The topological polar surface area (TPSA) is 29.5 Å². The Balaban J connectivity index is 2.12. The van der Waals surface area contributed by atoms with Gasteiger partial charge in [0, 0.05) is 0 Å². The SMILES string of the molecule is CCOc1cccc(C2CC(O)C2CC)c1. The van der Waals surface area contributed by atoms with Crippen LogP contribution >= 0.6 is 0 Å². The average molecular weight is 220 g/mol. The van der Waals surface area contributed by atoms with Crippen LogP contribution in [0.25, 0.3) is 0 Å². The molecule has 1 aromatic carbocycles. The molecule has 0 bridgehead atoms. The van der Waals surface area contributed by atoms with Crippen molar-refractivity contribution in [3.05, 3.63) is 29.8 Å². The van der Waals surface area contributed by atoms with Crippen molar-refractivity contribution in [3.8, 4) is 5.75 Å². The lowest BCUT2D eigenvalue weighted by molar-refractivity contribution is -0.000795. The Bertz CT molecular complexity index is 348. The molecule has 0 amide bonds. The summed E-state index contributed by atoms with van der Waals surface area (Å²) in [6.45, 7) is 4.84. The van der Waals surface area contributed by atoms with Gasteiger partial charge in [0.2, 0.25) is 0 Å². The van der Waals surface area contributed by atoms with Crippen molar-refractivity contribution in [2.45, 2.75) is 38.7 Å². The highest BCUT2D eigenvalue weighted by Gasteiger charge is 2.39. The number of rotatable bonds is 4. The second kappa shape index (κ2) is 4.88. The van der Waals surface area contributed by atoms with Gasteiger partial charge in [0.25, 0.3) is 0 Å². The van der Waals surface area contributed by atoms with Crippen LogP contribution < -0.4 is 4.74 Å². The van der Waals surface area contributed by atoms with Crippen molar-refractivity contribution in [1.29, 1.82) is 0 Å². The van der Waals surface area contributed by atoms with Gasteiger partial charge >= 0.3 is 0 Å². The van der Waals surface area contributed by atoms with E-state index in [1.807, 2.05) is 19.1 Å². The Kier molecular flexibility index (Phi) is 3.49. The molecule has 3 unspecified atom stereocenters. The third-order valence-electron chi connectivity index (χ3n) is 3.58. The number of hydrogen-bond donors (Lipinski definition) is 1. The first-order chi connectivity index (χ1) is 7.76. The fraction of sp³-hybridized carbons (Fsp3) is 0.571. The van der Waals surface area contributed by atoms with Crippen LogP contribution in [0.1, 0.15) is 38.2 Å². The van der Waals surface area contributed by atoms with Gasteiger partial charge in [-0.1, -0.05) is 25.5 Å². The van der Waals surface area contributed by atoms with Gasteiger partial charge in [0.1, 0.15) is 5.75 Å². The summed E-state index contributed by atoms with van der Waals surface area (Å²) in [5.41, 5.74) is 1.31. The highest BCUT2D eigenvalue weighted by atomic mass is 16.5. The summed E-state index contributed by atoms with van der Waals surface area (Å²) >= 11 is 0. The van der Waals surface area contributed by atoms with Gasteiger partial charge in [-0.2, -0.15) is 0 Å². The lowest BCUT2D eigenvalue weighted by Gasteiger charge is -2.41. The minimum atomic E-state index is -0.106. The molecular weight excluding hydrogens is 200 g/mol. The first kappa shape index (κ1) is 11.5. The Morgan fingerprint density at radius 1 is 1.38 bits per heavy atom. The van der Waals surface area contributed by atoms with Crippen LogP contribution in [0.5, 0.6) is 5.75 Å². The minimum absolute atomic E-state index is 0.106. The van der Waals surface area contributed by atoms with Gasteiger partial charge in [-0.3, -0.25) is 0 Å². The fourth-order valence-corrected chi connectivity index (χ4v) is 2.62. The van der Waals surface area contributed by atoms with E-state index in [0.29, 0.717) is 18.4 Å². The standard InChI is InChI=1S/C14H20O2/c1-3-12-13(9-14(12)15)10-6-5-7-11(8-10)16-4-2/h5-8,12-15H,3-4,9H2,1-2H3. The largest absolute Gasteiger partial charge is 0.494 e. The van der Waals surface area contributed by atoms with Crippen LogP contribution in [0.2, 0.25) is 0 Å². The van der Waals surface area contributed by atoms with Gasteiger partial charge in [0.15, 0.2) is 0 Å². The van der Waals surface area contributed by atoms with Gasteiger partial charge in [-0.25, -0.2) is 0 Å². The highest BCUT2D eigenvalue weighted by Crippen LogP contribution is 2.45. The van der Waals surface area contributed by atoms with Crippen LogP contribution in [0, 0.1) is 5.92 Å². The molecule has 1 aromatic rings. The number of benzene rings is 1. The van der Waals surface area contributed by atoms with E-state index in [2.05, 4.69) is 19.1 Å². The van der Waals surface area contributed by atoms with E-state index in [-0.39, 0.29) is 6.10 Å². The molecule has 1 saturated carbocycles. The zero-order chi connectivity index (χ0) is 11.5. The summed E-state index contributed by atoms with van der Waals surface area (Å²) < 4.78 is 5.50. The Labute approximate surface area is 97.3 Å². The molecule has 3 atom stereocenters. The third-order valence-corrected chi connectivity index (χ3v) is 3.58. The van der Waals surface area contributed by atoms with Crippen molar-refractivity contribution >= 4 is 0 Å². The molecule has 0 saturated heterocycles. The van der Waals surface area contributed by atoms with E-state index in [9.17, 15) is 5.11 Å². The van der Waals surface area contributed by atoms with Crippen molar-refractivity contribution in [2.24, 2.45) is 5.92 Å². The van der Waals surface area contributed by atoms with E-state index < -0.39 is 0 Å². The van der Waals surface area contributed by atoms with E-state index >= 15 is 0 Å². The molecule has 1 aliphatic rings. The Morgan fingerprint density at radius 2 is 2.19 bits per heavy atom. The predicted octanol–water partition coefficient (Wildman–Crippen LogP) is 2.96. The maximum Gasteiger partial charge on any atom is 0.119 e. The quantitative estimate of drug-likeness (QED) is 0.845. The summed E-state index contributed by atoms with van der Waals surface area (Å²) in [7, 11) is 0. The summed E-state index contributed by atoms with van der Waals surface area (Å²) in [6, 6.07) is 8.28. The van der Waals surface area contributed by atoms with Crippen molar-refractivity contribution in [3.63, 3.8) is 0 Å². The van der Waals surface area contributed by atoms with Gasteiger partial charge in [-0.15, -0.1) is 0 Å². The van der Waals surface area contributed by atoms with Crippen molar-refractivity contribution < 1.29 is 9.84 Å². The van der Waals surface area contributed by atoms with Gasteiger partial charge in [0.05, 0.1) is 12.7 Å². The number of ether oxygens (including phenoxy) is 1. The molecule has 1 N–H and O–H groups in total. The van der Waals surface area contributed by atoms with Crippen LogP contribution in [-0.4, -0.2) is 17.8 Å². The maximum absolute atomic E-state index is 9.68. The van der Waals surface area contributed by atoms with Crippen LogP contribution in [0.4, 0.5) is 0 Å². The molecule has 2 heteroatoms. The molecule has 1 aliphatic carbocycles. The molecule has 0 aliphatic heterocycles. The smallest absolute Gasteiger partial charge is 0.119 e. The normalized spacial score (nSPS) is 28.6. The van der Waals surface area contributed by atoms with Crippen LogP contribution in [0.15, 0.2) is 24.3 Å². The fourth-order valence-electron chi connectivity index (χ4n) is 2.62. The zero-order valence-corrected chi connectivity index (χ0v) is 10.0. The lowest BCUT2D eigenvalue weighted by atomic mass is 9.66. The summed E-state index contributed by atoms with van der Waals surface area (Å²) in [6.07, 6.45) is 1.84. The summed E-state index contributed by atoms with van der Waals surface area (Å²) in [5.74, 6) is 1.88. The first-order valence-corrected chi connectivity index (χ1v) is 6.17. The zero-order valence-electron chi connectivity index (χ0n) is 10.0. The number of aliphatic hydroxyl groups excluding tert-OH is 1. The molecule has 0 aromatic heterocycles. The van der Waals surface area contributed by atoms with E-state index in [1.54, 1.807) is 0 Å². The summed E-state index contributed by atoms with van der Waals surface area (Å²) in [5, 5.41) is 9.68. The Morgan fingerprint density at radius 3 is 2.81 bits per heavy atom. The molecule has 2 rings (SSSR count). The van der Waals surface area contributed by atoms with Crippen LogP contribution in [-0.2, 0) is 0 Å². The van der Waals surface area contributed by atoms with E-state index in [4.69, 9.17) is 4.74 Å². The van der Waals surface area contributed by atoms with Crippen molar-refractivity contribution in [1.82, 2.24) is 0 Å². The number of hydrogen-bond acceptors (Lipinski definition) is 2. The Hall–Kier alpha value is -1.02. The predicted molar refractivity (Wildman–Crippen MR) is 64.8 cm³/mol. The molecule has 0 radical (unpaired) electrons. The molecule has 0 spiro atoms. The van der Waals surface area contributed by atoms with E-state index in [1.165, 1.54) is 5.56 Å². The van der Waals surface area contributed by atoms with Crippen molar-refractivity contribution in [2.75, 3.05) is 6.61 Å². The minimum Gasteiger partial charge on any atom is -0.494 e. The second-order valence-corrected chi connectivity index (χ2v) is 4.49. The summed E-state index contributed by atoms with van der Waals surface area (Å²) in [4.78, 5) is 0. The molecule has 0 heterocycles. The molecule has 88 valence electrons. The molecular formula is C14H20O2. The van der Waals surface area contributed by atoms with E-state index in [0.717, 1.165) is 18.6 Å². The second-order valence-electron chi connectivity index (χ2n) is 4.49. The lowest BCUT2D eigenvalue weighted by Crippen LogP contribution is -2.39.